The van der Waals surface area contributed by atoms with E-state index < -0.39 is 11.9 Å². The second-order valence-electron chi connectivity index (χ2n) is 6.11. The van der Waals surface area contributed by atoms with Crippen LogP contribution in [0.3, 0.4) is 0 Å². The number of fused-ring (bicyclic) bond motifs is 1. The molecular weight excluding hydrogens is 332 g/mol. The molecule has 0 amide bonds. The van der Waals surface area contributed by atoms with Gasteiger partial charge in [0.1, 0.15) is 5.70 Å². The maximum atomic E-state index is 12.2. The molecule has 1 N–H and O–H groups in total. The summed E-state index contributed by atoms with van der Waals surface area (Å²) in [4.78, 5) is 24.0. The van der Waals surface area contributed by atoms with Crippen molar-refractivity contribution in [3.63, 3.8) is 0 Å². The number of hydrogen-bond donors (Lipinski definition) is 1. The fraction of sp³-hybridized carbons (Fsp3) is 0.400. The van der Waals surface area contributed by atoms with E-state index in [1.54, 1.807) is 13.8 Å². The van der Waals surface area contributed by atoms with Gasteiger partial charge in [0.15, 0.2) is 0 Å². The minimum atomic E-state index is -0.598. The zero-order chi connectivity index (χ0) is 19.4. The monoisotopic (exact) mass is 358 g/mol. The second kappa shape index (κ2) is 8.08. The Morgan fingerprint density at radius 3 is 2.38 bits per heavy atom. The van der Waals surface area contributed by atoms with Crippen LogP contribution in [0.25, 0.3) is 10.9 Å². The van der Waals surface area contributed by atoms with Crippen LogP contribution in [-0.4, -0.2) is 29.7 Å². The summed E-state index contributed by atoms with van der Waals surface area (Å²) in [6.45, 7) is 10.00. The molecule has 1 aromatic heterocycles. The Balaban J connectivity index is 2.47. The third-order valence-electron chi connectivity index (χ3n) is 4.47. The molecular formula is C20H26N2O4. The summed E-state index contributed by atoms with van der Waals surface area (Å²) >= 11 is 0. The average molecular weight is 358 g/mol. The Labute approximate surface area is 153 Å². The number of carbonyl (C=O) groups excluding carboxylic acids is 2. The van der Waals surface area contributed by atoms with Gasteiger partial charge in [-0.3, -0.25) is 0 Å². The van der Waals surface area contributed by atoms with Gasteiger partial charge in [-0.15, -0.1) is 0 Å². The first-order valence-corrected chi connectivity index (χ1v) is 8.68. The van der Waals surface area contributed by atoms with Crippen LogP contribution in [0, 0.1) is 20.8 Å². The summed E-state index contributed by atoms with van der Waals surface area (Å²) in [5, 5.41) is 4.21. The Hall–Kier alpha value is -2.76. The minimum Gasteiger partial charge on any atom is -0.463 e. The van der Waals surface area contributed by atoms with Gasteiger partial charge in [-0.1, -0.05) is 0 Å². The second-order valence-corrected chi connectivity index (χ2v) is 6.11. The van der Waals surface area contributed by atoms with Crippen LogP contribution in [-0.2, 0) is 26.1 Å². The van der Waals surface area contributed by atoms with Crippen LogP contribution < -0.4 is 5.32 Å². The van der Waals surface area contributed by atoms with E-state index in [4.69, 9.17) is 9.47 Å². The van der Waals surface area contributed by atoms with Gasteiger partial charge in [0, 0.05) is 23.8 Å². The van der Waals surface area contributed by atoms with Gasteiger partial charge in [0.05, 0.1) is 24.8 Å². The Morgan fingerprint density at radius 1 is 1.12 bits per heavy atom. The predicted octanol–water partition coefficient (Wildman–Crippen LogP) is 3.53. The molecule has 0 spiro atoms. The third-order valence-corrected chi connectivity index (χ3v) is 4.47. The topological polar surface area (TPSA) is 69.6 Å². The fourth-order valence-electron chi connectivity index (χ4n) is 2.84. The van der Waals surface area contributed by atoms with Crippen LogP contribution >= 0.6 is 0 Å². The Kier molecular flexibility index (Phi) is 6.08. The van der Waals surface area contributed by atoms with Crippen LogP contribution in [0.4, 0.5) is 5.69 Å². The highest BCUT2D eigenvalue weighted by atomic mass is 16.5. The molecule has 0 saturated carbocycles. The van der Waals surface area contributed by atoms with Crippen LogP contribution in [0.1, 0.15) is 30.7 Å². The summed E-state index contributed by atoms with van der Waals surface area (Å²) in [7, 11) is 2.00. The molecule has 140 valence electrons. The van der Waals surface area contributed by atoms with Crippen molar-refractivity contribution in [1.29, 1.82) is 0 Å². The molecule has 1 aromatic carbocycles. The third kappa shape index (κ3) is 3.90. The van der Waals surface area contributed by atoms with Gasteiger partial charge in [-0.25, -0.2) is 9.59 Å². The van der Waals surface area contributed by atoms with Gasteiger partial charge in [0.25, 0.3) is 0 Å². The van der Waals surface area contributed by atoms with E-state index in [2.05, 4.69) is 29.8 Å². The van der Waals surface area contributed by atoms with Gasteiger partial charge < -0.3 is 19.4 Å². The normalized spacial score (nSPS) is 11.5. The molecule has 6 nitrogen and oxygen atoms in total. The lowest BCUT2D eigenvalue weighted by Crippen LogP contribution is -2.17. The number of aryl methyl sites for hydroxylation is 3. The first-order valence-electron chi connectivity index (χ1n) is 8.68. The summed E-state index contributed by atoms with van der Waals surface area (Å²) in [5.41, 5.74) is 5.21. The maximum Gasteiger partial charge on any atom is 0.355 e. The lowest BCUT2D eigenvalue weighted by molar-refractivity contribution is -0.140. The SMILES string of the molecule is CCOC(=O)C=C(Nc1cc2c(cc1C)c(C)c(C)n2C)C(=O)OCC. The number of rotatable bonds is 6. The van der Waals surface area contributed by atoms with Gasteiger partial charge >= 0.3 is 11.9 Å². The van der Waals surface area contributed by atoms with Crippen molar-refractivity contribution >= 4 is 28.5 Å². The van der Waals surface area contributed by atoms with E-state index >= 15 is 0 Å². The molecule has 0 saturated heterocycles. The van der Waals surface area contributed by atoms with E-state index in [9.17, 15) is 9.59 Å². The number of benzene rings is 1. The zero-order valence-corrected chi connectivity index (χ0v) is 16.2. The standard InChI is InChI=1S/C20H26N2O4/c1-7-25-19(23)11-17(20(24)26-8-2)21-16-10-18-15(9-12(16)3)13(4)14(5)22(18)6/h9-11,21H,7-8H2,1-6H3. The fourth-order valence-corrected chi connectivity index (χ4v) is 2.84. The molecule has 0 atom stereocenters. The minimum absolute atomic E-state index is 0.0513. The number of carbonyl (C=O) groups is 2. The van der Waals surface area contributed by atoms with E-state index in [1.807, 2.05) is 20.0 Å². The summed E-state index contributed by atoms with van der Waals surface area (Å²) in [5.74, 6) is -1.19. The molecule has 0 aliphatic heterocycles. The van der Waals surface area contributed by atoms with Crippen molar-refractivity contribution < 1.29 is 19.1 Å². The highest BCUT2D eigenvalue weighted by molar-refractivity contribution is 6.00. The summed E-state index contributed by atoms with van der Waals surface area (Å²) < 4.78 is 12.1. The number of ether oxygens (including phenoxy) is 2. The van der Waals surface area contributed by atoms with Crippen molar-refractivity contribution in [2.45, 2.75) is 34.6 Å². The lowest BCUT2D eigenvalue weighted by atomic mass is 10.1. The Bertz CT molecular complexity index is 878. The zero-order valence-electron chi connectivity index (χ0n) is 16.2. The van der Waals surface area contributed by atoms with Crippen LogP contribution in [0.2, 0.25) is 0 Å². The van der Waals surface area contributed by atoms with Crippen molar-refractivity contribution in [3.05, 3.63) is 40.7 Å². The van der Waals surface area contributed by atoms with E-state index in [1.165, 1.54) is 16.6 Å². The molecule has 0 radical (unpaired) electrons. The van der Waals surface area contributed by atoms with Crippen molar-refractivity contribution in [3.8, 4) is 0 Å². The molecule has 2 aromatic rings. The highest BCUT2D eigenvalue weighted by Gasteiger charge is 2.17. The average Bonchev–Trinajstić information content (AvgIpc) is 2.79. The number of nitrogens with zero attached hydrogens (tertiary/aromatic N) is 1. The predicted molar refractivity (Wildman–Crippen MR) is 102 cm³/mol. The number of esters is 2. The quantitative estimate of drug-likeness (QED) is 0.632. The molecule has 0 aliphatic carbocycles. The summed E-state index contributed by atoms with van der Waals surface area (Å²) in [6.07, 6.45) is 1.13. The van der Waals surface area contributed by atoms with Crippen molar-refractivity contribution in [1.82, 2.24) is 4.57 Å². The number of anilines is 1. The number of nitrogens with one attached hydrogen (secondary N) is 1. The molecule has 1 heterocycles. The van der Waals surface area contributed by atoms with Crippen LogP contribution in [0.5, 0.6) is 0 Å². The largest absolute Gasteiger partial charge is 0.463 e. The molecule has 0 bridgehead atoms. The smallest absolute Gasteiger partial charge is 0.355 e. The van der Waals surface area contributed by atoms with Gasteiger partial charge in [-0.2, -0.15) is 0 Å². The van der Waals surface area contributed by atoms with Crippen LogP contribution in [0.15, 0.2) is 23.9 Å². The molecule has 2 rings (SSSR count). The van der Waals surface area contributed by atoms with E-state index in [-0.39, 0.29) is 18.9 Å². The van der Waals surface area contributed by atoms with Crippen molar-refractivity contribution in [2.75, 3.05) is 18.5 Å². The van der Waals surface area contributed by atoms with Gasteiger partial charge in [0.2, 0.25) is 0 Å². The van der Waals surface area contributed by atoms with Gasteiger partial charge in [-0.05, 0) is 57.9 Å². The molecule has 0 unspecified atom stereocenters. The highest BCUT2D eigenvalue weighted by Crippen LogP contribution is 2.30. The molecule has 0 aliphatic rings. The molecule has 26 heavy (non-hydrogen) atoms. The van der Waals surface area contributed by atoms with E-state index in [0.717, 1.165) is 22.8 Å². The molecule has 6 heteroatoms. The molecule has 0 fully saturated rings. The van der Waals surface area contributed by atoms with E-state index in [0.29, 0.717) is 0 Å². The first kappa shape index (κ1) is 19.6. The van der Waals surface area contributed by atoms with Crippen molar-refractivity contribution in [2.24, 2.45) is 7.05 Å². The summed E-state index contributed by atoms with van der Waals surface area (Å²) in [6, 6.07) is 4.05. The number of hydrogen-bond acceptors (Lipinski definition) is 5. The lowest BCUT2D eigenvalue weighted by Gasteiger charge is -2.13. The first-order chi connectivity index (χ1) is 12.3. The Morgan fingerprint density at radius 2 is 1.77 bits per heavy atom. The number of aromatic nitrogens is 1. The maximum absolute atomic E-state index is 12.2.